The van der Waals surface area contributed by atoms with Crippen LogP contribution in [0.5, 0.6) is 0 Å². The molecular formula is C11H14N2O3. The second kappa shape index (κ2) is 4.49. The third-order valence-corrected chi connectivity index (χ3v) is 2.67. The summed E-state index contributed by atoms with van der Waals surface area (Å²) in [6, 6.07) is 3.72. The van der Waals surface area contributed by atoms with Crippen LogP contribution in [-0.2, 0) is 4.74 Å². The topological polar surface area (TPSA) is 62.7 Å². The summed E-state index contributed by atoms with van der Waals surface area (Å²) in [4.78, 5) is 17.0. The van der Waals surface area contributed by atoms with Crippen molar-refractivity contribution < 1.29 is 14.6 Å². The van der Waals surface area contributed by atoms with Crippen molar-refractivity contribution >= 4 is 11.7 Å². The van der Waals surface area contributed by atoms with Crippen LogP contribution in [0.1, 0.15) is 17.4 Å². The van der Waals surface area contributed by atoms with E-state index in [-0.39, 0.29) is 11.7 Å². The fraction of sp³-hybridized carbons (Fsp3) is 0.455. The fourth-order valence-electron chi connectivity index (χ4n) is 1.88. The summed E-state index contributed by atoms with van der Waals surface area (Å²) in [6.45, 7) is 3.96. The lowest BCUT2D eigenvalue weighted by Gasteiger charge is -2.35. The van der Waals surface area contributed by atoms with Gasteiger partial charge in [0.15, 0.2) is 5.69 Å². The third-order valence-electron chi connectivity index (χ3n) is 2.67. The number of aromatic nitrogens is 1. The lowest BCUT2D eigenvalue weighted by atomic mass is 10.2. The highest BCUT2D eigenvalue weighted by atomic mass is 16.5. The van der Waals surface area contributed by atoms with Crippen LogP contribution in [0.25, 0.3) is 0 Å². The molecule has 16 heavy (non-hydrogen) atoms. The second-order valence-corrected chi connectivity index (χ2v) is 3.79. The van der Waals surface area contributed by atoms with Crippen molar-refractivity contribution in [1.29, 1.82) is 0 Å². The van der Waals surface area contributed by atoms with E-state index in [1.54, 1.807) is 12.1 Å². The summed E-state index contributed by atoms with van der Waals surface area (Å²) >= 11 is 0. The van der Waals surface area contributed by atoms with Crippen LogP contribution in [0.2, 0.25) is 0 Å². The molecule has 0 saturated carbocycles. The zero-order valence-corrected chi connectivity index (χ0v) is 9.09. The Balaban J connectivity index is 2.34. The standard InChI is InChI=1S/C11H14N2O3/c1-8-7-16-6-5-13(8)9-3-2-4-12-10(9)11(14)15/h2-4,8H,5-7H2,1H3,(H,14,15). The minimum Gasteiger partial charge on any atom is -0.476 e. The molecule has 1 atom stereocenters. The van der Waals surface area contributed by atoms with E-state index < -0.39 is 5.97 Å². The average molecular weight is 222 g/mol. The molecule has 0 aliphatic carbocycles. The molecule has 1 fully saturated rings. The first-order valence-corrected chi connectivity index (χ1v) is 5.23. The van der Waals surface area contributed by atoms with Crippen molar-refractivity contribution in [1.82, 2.24) is 4.98 Å². The van der Waals surface area contributed by atoms with E-state index in [0.29, 0.717) is 25.4 Å². The molecule has 1 saturated heterocycles. The van der Waals surface area contributed by atoms with E-state index >= 15 is 0 Å². The van der Waals surface area contributed by atoms with Gasteiger partial charge in [-0.1, -0.05) is 0 Å². The molecule has 1 aromatic rings. The monoisotopic (exact) mass is 222 g/mol. The van der Waals surface area contributed by atoms with Crippen molar-refractivity contribution in [2.75, 3.05) is 24.7 Å². The van der Waals surface area contributed by atoms with E-state index in [1.165, 1.54) is 6.20 Å². The number of pyridine rings is 1. The van der Waals surface area contributed by atoms with Crippen LogP contribution < -0.4 is 4.90 Å². The summed E-state index contributed by atoms with van der Waals surface area (Å²) in [5.74, 6) is -0.991. The highest BCUT2D eigenvalue weighted by Crippen LogP contribution is 2.22. The number of hydrogen-bond donors (Lipinski definition) is 1. The average Bonchev–Trinajstić information content (AvgIpc) is 2.29. The third kappa shape index (κ3) is 1.99. The number of nitrogens with zero attached hydrogens (tertiary/aromatic N) is 2. The quantitative estimate of drug-likeness (QED) is 0.809. The van der Waals surface area contributed by atoms with Gasteiger partial charge in [0.1, 0.15) is 0 Å². The summed E-state index contributed by atoms with van der Waals surface area (Å²) in [5, 5.41) is 9.06. The number of carboxylic acid groups (broad SMARTS) is 1. The number of anilines is 1. The van der Waals surface area contributed by atoms with Gasteiger partial charge in [-0.05, 0) is 19.1 Å². The van der Waals surface area contributed by atoms with Gasteiger partial charge >= 0.3 is 5.97 Å². The largest absolute Gasteiger partial charge is 0.476 e. The van der Waals surface area contributed by atoms with E-state index in [0.717, 1.165) is 0 Å². The Kier molecular flexibility index (Phi) is 3.05. The lowest BCUT2D eigenvalue weighted by molar-refractivity contribution is 0.0688. The molecule has 1 unspecified atom stereocenters. The number of ether oxygens (including phenoxy) is 1. The van der Waals surface area contributed by atoms with Crippen LogP contribution in [0.4, 0.5) is 5.69 Å². The molecule has 86 valence electrons. The van der Waals surface area contributed by atoms with Crippen molar-refractivity contribution in [2.24, 2.45) is 0 Å². The number of carboxylic acids is 1. The Morgan fingerprint density at radius 2 is 2.50 bits per heavy atom. The molecule has 5 heteroatoms. The Labute approximate surface area is 93.7 Å². The number of aromatic carboxylic acids is 1. The number of morpholine rings is 1. The molecule has 0 bridgehead atoms. The van der Waals surface area contributed by atoms with Crippen molar-refractivity contribution in [2.45, 2.75) is 13.0 Å². The normalized spacial score (nSPS) is 20.8. The Morgan fingerprint density at radius 1 is 1.69 bits per heavy atom. The van der Waals surface area contributed by atoms with E-state index in [2.05, 4.69) is 4.98 Å². The molecule has 0 radical (unpaired) electrons. The molecule has 0 amide bonds. The summed E-state index contributed by atoms with van der Waals surface area (Å²) < 4.78 is 5.32. The number of rotatable bonds is 2. The number of carbonyl (C=O) groups is 1. The maximum Gasteiger partial charge on any atom is 0.356 e. The van der Waals surface area contributed by atoms with Crippen LogP contribution in [-0.4, -0.2) is 41.9 Å². The highest BCUT2D eigenvalue weighted by molar-refractivity contribution is 5.92. The van der Waals surface area contributed by atoms with Gasteiger partial charge < -0.3 is 14.7 Å². The van der Waals surface area contributed by atoms with Gasteiger partial charge in [0, 0.05) is 18.8 Å². The molecule has 0 aromatic carbocycles. The number of hydrogen-bond acceptors (Lipinski definition) is 4. The maximum atomic E-state index is 11.1. The molecular weight excluding hydrogens is 208 g/mol. The van der Waals surface area contributed by atoms with Gasteiger partial charge in [-0.3, -0.25) is 0 Å². The van der Waals surface area contributed by atoms with Gasteiger partial charge in [0.2, 0.25) is 0 Å². The van der Waals surface area contributed by atoms with Crippen molar-refractivity contribution in [3.8, 4) is 0 Å². The summed E-state index contributed by atoms with van der Waals surface area (Å²) in [5.41, 5.74) is 0.780. The lowest BCUT2D eigenvalue weighted by Crippen LogP contribution is -2.44. The first-order valence-electron chi connectivity index (χ1n) is 5.23. The Hall–Kier alpha value is -1.62. The van der Waals surface area contributed by atoms with Crippen LogP contribution in [0.3, 0.4) is 0 Å². The molecule has 1 N–H and O–H groups in total. The molecule has 0 spiro atoms. The van der Waals surface area contributed by atoms with Gasteiger partial charge in [0.05, 0.1) is 18.9 Å². The van der Waals surface area contributed by atoms with Gasteiger partial charge in [0.25, 0.3) is 0 Å². The first-order chi connectivity index (χ1) is 7.70. The zero-order valence-electron chi connectivity index (χ0n) is 9.09. The molecule has 1 aliphatic heterocycles. The summed E-state index contributed by atoms with van der Waals surface area (Å²) in [6.07, 6.45) is 1.50. The van der Waals surface area contributed by atoms with Crippen molar-refractivity contribution in [3.05, 3.63) is 24.0 Å². The maximum absolute atomic E-state index is 11.1. The molecule has 2 rings (SSSR count). The fourth-order valence-corrected chi connectivity index (χ4v) is 1.88. The van der Waals surface area contributed by atoms with Crippen LogP contribution >= 0.6 is 0 Å². The van der Waals surface area contributed by atoms with Crippen LogP contribution in [0, 0.1) is 0 Å². The first kappa shape index (κ1) is 10.9. The van der Waals surface area contributed by atoms with E-state index in [9.17, 15) is 4.79 Å². The molecule has 2 heterocycles. The SMILES string of the molecule is CC1COCCN1c1cccnc1C(=O)O. The smallest absolute Gasteiger partial charge is 0.356 e. The van der Waals surface area contributed by atoms with Gasteiger partial charge in [-0.2, -0.15) is 0 Å². The summed E-state index contributed by atoms with van der Waals surface area (Å²) in [7, 11) is 0. The molecule has 1 aromatic heterocycles. The minimum atomic E-state index is -0.991. The molecule has 5 nitrogen and oxygen atoms in total. The second-order valence-electron chi connectivity index (χ2n) is 3.79. The van der Waals surface area contributed by atoms with Gasteiger partial charge in [-0.15, -0.1) is 0 Å². The van der Waals surface area contributed by atoms with Crippen molar-refractivity contribution in [3.63, 3.8) is 0 Å². The van der Waals surface area contributed by atoms with E-state index in [1.807, 2.05) is 11.8 Å². The predicted octanol–water partition coefficient (Wildman–Crippen LogP) is 1.00. The zero-order chi connectivity index (χ0) is 11.5. The van der Waals surface area contributed by atoms with Gasteiger partial charge in [-0.25, -0.2) is 9.78 Å². The minimum absolute atomic E-state index is 0.108. The van der Waals surface area contributed by atoms with Crippen LogP contribution in [0.15, 0.2) is 18.3 Å². The Bertz CT molecular complexity index is 395. The predicted molar refractivity (Wildman–Crippen MR) is 58.8 cm³/mol. The highest BCUT2D eigenvalue weighted by Gasteiger charge is 2.23. The van der Waals surface area contributed by atoms with E-state index in [4.69, 9.17) is 9.84 Å². The Morgan fingerprint density at radius 3 is 3.19 bits per heavy atom. The molecule has 1 aliphatic rings.